The molecule has 0 spiro atoms. The van der Waals surface area contributed by atoms with Gasteiger partial charge in [-0.15, -0.1) is 0 Å². The van der Waals surface area contributed by atoms with E-state index in [4.69, 9.17) is 0 Å². The highest BCUT2D eigenvalue weighted by atomic mass is 16.5. The van der Waals surface area contributed by atoms with Crippen LogP contribution in [-0.2, 0) is 19.1 Å². The van der Waals surface area contributed by atoms with Crippen LogP contribution in [0.2, 0.25) is 0 Å². The molecule has 0 amide bonds. The van der Waals surface area contributed by atoms with E-state index in [0.29, 0.717) is 12.0 Å². The Balaban J connectivity index is 3.13. The van der Waals surface area contributed by atoms with E-state index in [1.165, 1.54) is 14.2 Å². The zero-order chi connectivity index (χ0) is 14.3. The van der Waals surface area contributed by atoms with Crippen LogP contribution in [0, 0.1) is 5.92 Å². The van der Waals surface area contributed by atoms with Crippen molar-refractivity contribution in [2.45, 2.75) is 13.3 Å². The van der Waals surface area contributed by atoms with Gasteiger partial charge in [0.15, 0.2) is 5.92 Å². The predicted molar refractivity (Wildman–Crippen MR) is 72.2 cm³/mol. The van der Waals surface area contributed by atoms with E-state index in [9.17, 15) is 9.59 Å². The van der Waals surface area contributed by atoms with Crippen molar-refractivity contribution in [3.63, 3.8) is 0 Å². The third kappa shape index (κ3) is 3.95. The van der Waals surface area contributed by atoms with Gasteiger partial charge in [-0.25, -0.2) is 0 Å². The van der Waals surface area contributed by atoms with Gasteiger partial charge in [-0.2, -0.15) is 0 Å². The third-order valence-corrected chi connectivity index (χ3v) is 2.80. The molecule has 0 saturated heterocycles. The standard InChI is InChI=1S/C15H18O4/c1-4-12(10-11-8-6-5-7-9-11)13(14(16)18-2)15(17)19-3/h5-10,13H,4H2,1-3H3/b12-10-. The Bertz CT molecular complexity index is 446. The molecule has 0 aliphatic rings. The van der Waals surface area contributed by atoms with Gasteiger partial charge in [-0.1, -0.05) is 43.3 Å². The molecule has 1 rings (SSSR count). The topological polar surface area (TPSA) is 52.6 Å². The monoisotopic (exact) mass is 262 g/mol. The number of hydrogen-bond donors (Lipinski definition) is 0. The van der Waals surface area contributed by atoms with Gasteiger partial charge in [0.25, 0.3) is 0 Å². The lowest BCUT2D eigenvalue weighted by Crippen LogP contribution is -2.28. The van der Waals surface area contributed by atoms with Crippen LogP contribution in [0.25, 0.3) is 6.08 Å². The first kappa shape index (κ1) is 15.0. The summed E-state index contributed by atoms with van der Waals surface area (Å²) in [6.45, 7) is 1.88. The summed E-state index contributed by atoms with van der Waals surface area (Å²) in [4.78, 5) is 23.5. The SMILES string of the molecule is CC/C(=C/c1ccccc1)C(C(=O)OC)C(=O)OC. The summed E-state index contributed by atoms with van der Waals surface area (Å²) in [5.41, 5.74) is 1.60. The summed E-state index contributed by atoms with van der Waals surface area (Å²) >= 11 is 0. The number of carbonyl (C=O) groups excluding carboxylic acids is 2. The first-order valence-electron chi connectivity index (χ1n) is 6.05. The Hall–Kier alpha value is -2.10. The second-order valence-corrected chi connectivity index (χ2v) is 3.96. The minimum atomic E-state index is -1.000. The molecule has 4 heteroatoms. The second-order valence-electron chi connectivity index (χ2n) is 3.96. The number of benzene rings is 1. The Kier molecular flexibility index (Phi) is 5.79. The van der Waals surface area contributed by atoms with E-state index in [-0.39, 0.29) is 0 Å². The highest BCUT2D eigenvalue weighted by molar-refractivity contribution is 5.99. The summed E-state index contributed by atoms with van der Waals surface area (Å²) in [7, 11) is 2.52. The molecule has 102 valence electrons. The van der Waals surface area contributed by atoms with Gasteiger partial charge >= 0.3 is 11.9 Å². The molecule has 0 aliphatic heterocycles. The highest BCUT2D eigenvalue weighted by Crippen LogP contribution is 2.21. The Labute approximate surface area is 113 Å². The summed E-state index contributed by atoms with van der Waals surface area (Å²) in [5.74, 6) is -2.20. The van der Waals surface area contributed by atoms with Crippen LogP contribution in [0.3, 0.4) is 0 Å². The van der Waals surface area contributed by atoms with Crippen molar-refractivity contribution in [1.82, 2.24) is 0 Å². The second kappa shape index (κ2) is 7.36. The van der Waals surface area contributed by atoms with Gasteiger partial charge in [-0.3, -0.25) is 9.59 Å². The zero-order valence-corrected chi connectivity index (χ0v) is 11.4. The van der Waals surface area contributed by atoms with Crippen molar-refractivity contribution in [2.75, 3.05) is 14.2 Å². The number of ether oxygens (including phenoxy) is 2. The van der Waals surface area contributed by atoms with Gasteiger partial charge in [0.1, 0.15) is 0 Å². The van der Waals surface area contributed by atoms with Gasteiger partial charge in [0.2, 0.25) is 0 Å². The van der Waals surface area contributed by atoms with Crippen LogP contribution in [0.4, 0.5) is 0 Å². The molecule has 1 aromatic rings. The average Bonchev–Trinajstić information content (AvgIpc) is 2.46. The lowest BCUT2D eigenvalue weighted by Gasteiger charge is -2.15. The fourth-order valence-electron chi connectivity index (χ4n) is 1.79. The summed E-state index contributed by atoms with van der Waals surface area (Å²) in [5, 5.41) is 0. The van der Waals surface area contributed by atoms with Crippen molar-refractivity contribution in [1.29, 1.82) is 0 Å². The highest BCUT2D eigenvalue weighted by Gasteiger charge is 2.31. The average molecular weight is 262 g/mol. The Morgan fingerprint density at radius 2 is 1.63 bits per heavy atom. The predicted octanol–water partition coefficient (Wildman–Crippen LogP) is 2.44. The third-order valence-electron chi connectivity index (χ3n) is 2.80. The van der Waals surface area contributed by atoms with Crippen molar-refractivity contribution in [3.8, 4) is 0 Å². The van der Waals surface area contributed by atoms with Crippen LogP contribution in [0.5, 0.6) is 0 Å². The molecular formula is C15H18O4. The van der Waals surface area contributed by atoms with Crippen molar-refractivity contribution in [3.05, 3.63) is 41.5 Å². The molecule has 1 aromatic carbocycles. The molecule has 0 heterocycles. The fraction of sp³-hybridized carbons (Fsp3) is 0.333. The molecule has 0 fully saturated rings. The van der Waals surface area contributed by atoms with Gasteiger partial charge in [0.05, 0.1) is 14.2 Å². The molecule has 0 unspecified atom stereocenters. The van der Waals surface area contributed by atoms with Crippen LogP contribution in [0.1, 0.15) is 18.9 Å². The number of rotatable bonds is 5. The number of esters is 2. The number of hydrogen-bond acceptors (Lipinski definition) is 4. The van der Waals surface area contributed by atoms with E-state index in [1.807, 2.05) is 43.3 Å². The van der Waals surface area contributed by atoms with Crippen LogP contribution < -0.4 is 0 Å². The molecule has 0 radical (unpaired) electrons. The van der Waals surface area contributed by atoms with Crippen molar-refractivity contribution >= 4 is 18.0 Å². The largest absolute Gasteiger partial charge is 0.468 e. The van der Waals surface area contributed by atoms with E-state index in [2.05, 4.69) is 9.47 Å². The van der Waals surface area contributed by atoms with Crippen LogP contribution in [-0.4, -0.2) is 26.2 Å². The molecule has 0 aromatic heterocycles. The Morgan fingerprint density at radius 1 is 1.11 bits per heavy atom. The normalized spacial score (nSPS) is 11.3. The van der Waals surface area contributed by atoms with Gasteiger partial charge in [0, 0.05) is 0 Å². The minimum absolute atomic E-state index is 0.559. The lowest BCUT2D eigenvalue weighted by atomic mass is 9.94. The lowest BCUT2D eigenvalue weighted by molar-refractivity contribution is -0.156. The molecule has 0 saturated carbocycles. The maximum Gasteiger partial charge on any atom is 0.324 e. The molecule has 0 atom stereocenters. The maximum absolute atomic E-state index is 11.7. The van der Waals surface area contributed by atoms with Gasteiger partial charge < -0.3 is 9.47 Å². The molecule has 0 N–H and O–H groups in total. The maximum atomic E-state index is 11.7. The zero-order valence-electron chi connectivity index (χ0n) is 11.4. The molecule has 0 bridgehead atoms. The first-order chi connectivity index (χ1) is 9.13. The van der Waals surface area contributed by atoms with Crippen LogP contribution >= 0.6 is 0 Å². The fourth-order valence-corrected chi connectivity index (χ4v) is 1.79. The van der Waals surface area contributed by atoms with E-state index >= 15 is 0 Å². The summed E-state index contributed by atoms with van der Waals surface area (Å²) in [6, 6.07) is 9.50. The van der Waals surface area contributed by atoms with Crippen molar-refractivity contribution in [2.24, 2.45) is 5.92 Å². The number of methoxy groups -OCH3 is 2. The quantitative estimate of drug-likeness (QED) is 0.604. The van der Waals surface area contributed by atoms with E-state index in [1.54, 1.807) is 0 Å². The molecule has 0 aliphatic carbocycles. The summed E-state index contributed by atoms with van der Waals surface area (Å²) in [6.07, 6.45) is 2.38. The smallest absolute Gasteiger partial charge is 0.324 e. The molecule has 19 heavy (non-hydrogen) atoms. The van der Waals surface area contributed by atoms with Gasteiger partial charge in [-0.05, 0) is 17.6 Å². The van der Waals surface area contributed by atoms with E-state index in [0.717, 1.165) is 5.56 Å². The van der Waals surface area contributed by atoms with E-state index < -0.39 is 17.9 Å². The summed E-state index contributed by atoms with van der Waals surface area (Å²) < 4.78 is 9.35. The minimum Gasteiger partial charge on any atom is -0.468 e. The molecular weight excluding hydrogens is 244 g/mol. The Morgan fingerprint density at radius 3 is 2.05 bits per heavy atom. The first-order valence-corrected chi connectivity index (χ1v) is 6.05. The number of carbonyl (C=O) groups is 2. The van der Waals surface area contributed by atoms with Crippen molar-refractivity contribution < 1.29 is 19.1 Å². The van der Waals surface area contributed by atoms with Crippen LogP contribution in [0.15, 0.2) is 35.9 Å². The molecule has 4 nitrogen and oxygen atoms in total.